The van der Waals surface area contributed by atoms with E-state index in [0.29, 0.717) is 24.7 Å². The Labute approximate surface area is 176 Å². The predicted octanol–water partition coefficient (Wildman–Crippen LogP) is 5.05. The minimum Gasteiger partial charge on any atom is -0.494 e. The fourth-order valence-corrected chi connectivity index (χ4v) is 3.57. The van der Waals surface area contributed by atoms with Crippen LogP contribution < -0.4 is 9.64 Å². The van der Waals surface area contributed by atoms with Gasteiger partial charge in [-0.3, -0.25) is 4.79 Å². The molecular formula is C24H27N3O3. The molecule has 0 bridgehead atoms. The highest BCUT2D eigenvalue weighted by Gasteiger charge is 2.35. The molecule has 1 fully saturated rings. The molecule has 2 heterocycles. The summed E-state index contributed by atoms with van der Waals surface area (Å²) in [5.74, 6) is 1.85. The number of rotatable bonds is 7. The Kier molecular flexibility index (Phi) is 5.84. The van der Waals surface area contributed by atoms with Crippen LogP contribution in [0.5, 0.6) is 5.75 Å². The molecule has 0 radical (unpaired) electrons. The monoisotopic (exact) mass is 405 g/mol. The molecule has 6 nitrogen and oxygen atoms in total. The Morgan fingerprint density at radius 1 is 1.13 bits per heavy atom. The number of carbonyl (C=O) groups is 1. The Hall–Kier alpha value is -3.15. The van der Waals surface area contributed by atoms with Crippen LogP contribution in [-0.4, -0.2) is 29.2 Å². The first-order chi connectivity index (χ1) is 14.5. The Balaban J connectivity index is 1.45. The predicted molar refractivity (Wildman–Crippen MR) is 116 cm³/mol. The van der Waals surface area contributed by atoms with Gasteiger partial charge in [0.15, 0.2) is 0 Å². The molecule has 2 aromatic carbocycles. The highest BCUT2D eigenvalue weighted by atomic mass is 16.5. The molecule has 3 aromatic rings. The molecule has 6 heteroatoms. The molecule has 1 aliphatic rings. The molecule has 1 saturated heterocycles. The Morgan fingerprint density at radius 3 is 2.67 bits per heavy atom. The summed E-state index contributed by atoms with van der Waals surface area (Å²) in [4.78, 5) is 19.0. The summed E-state index contributed by atoms with van der Waals surface area (Å²) in [6.07, 6.45) is 2.52. The van der Waals surface area contributed by atoms with Gasteiger partial charge in [0.05, 0.1) is 12.5 Å². The van der Waals surface area contributed by atoms with Gasteiger partial charge >= 0.3 is 0 Å². The average molecular weight is 405 g/mol. The molecule has 156 valence electrons. The Bertz CT molecular complexity index is 1030. The molecule has 1 unspecified atom stereocenters. The molecule has 0 N–H and O–H groups in total. The van der Waals surface area contributed by atoms with Crippen molar-refractivity contribution in [3.63, 3.8) is 0 Å². The zero-order valence-electron chi connectivity index (χ0n) is 17.7. The van der Waals surface area contributed by atoms with E-state index in [9.17, 15) is 4.79 Å². The maximum Gasteiger partial charge on any atom is 0.232 e. The summed E-state index contributed by atoms with van der Waals surface area (Å²) < 4.78 is 11.2. The summed E-state index contributed by atoms with van der Waals surface area (Å²) in [6, 6.07) is 13.8. The first kappa shape index (κ1) is 20.1. The van der Waals surface area contributed by atoms with Crippen LogP contribution in [-0.2, 0) is 4.79 Å². The Morgan fingerprint density at radius 2 is 1.93 bits per heavy atom. The molecule has 1 aliphatic heterocycles. The van der Waals surface area contributed by atoms with Crippen LogP contribution in [0.2, 0.25) is 0 Å². The van der Waals surface area contributed by atoms with Gasteiger partial charge in [-0.25, -0.2) is 0 Å². The van der Waals surface area contributed by atoms with Crippen molar-refractivity contribution in [2.75, 3.05) is 18.1 Å². The van der Waals surface area contributed by atoms with Crippen molar-refractivity contribution in [1.82, 2.24) is 10.1 Å². The second-order valence-corrected chi connectivity index (χ2v) is 7.86. The van der Waals surface area contributed by atoms with Gasteiger partial charge in [-0.05, 0) is 67.8 Å². The maximum absolute atomic E-state index is 12.6. The van der Waals surface area contributed by atoms with Crippen LogP contribution in [0.3, 0.4) is 0 Å². The zero-order chi connectivity index (χ0) is 21.1. The number of hydrogen-bond acceptors (Lipinski definition) is 5. The third kappa shape index (κ3) is 4.22. The van der Waals surface area contributed by atoms with Crippen molar-refractivity contribution in [1.29, 1.82) is 0 Å². The van der Waals surface area contributed by atoms with E-state index in [1.807, 2.05) is 41.3 Å². The highest BCUT2D eigenvalue weighted by Crippen LogP contribution is 2.33. The summed E-state index contributed by atoms with van der Waals surface area (Å²) in [5.41, 5.74) is 4.17. The largest absolute Gasteiger partial charge is 0.494 e. The smallest absolute Gasteiger partial charge is 0.232 e. The normalized spacial score (nSPS) is 16.3. The van der Waals surface area contributed by atoms with Crippen molar-refractivity contribution in [3.05, 3.63) is 59.5 Å². The van der Waals surface area contributed by atoms with E-state index in [1.165, 1.54) is 11.1 Å². The molecule has 4 rings (SSSR count). The van der Waals surface area contributed by atoms with Crippen LogP contribution in [0, 0.1) is 13.8 Å². The van der Waals surface area contributed by atoms with Crippen LogP contribution in [0.4, 0.5) is 5.69 Å². The number of aryl methyl sites for hydroxylation is 2. The van der Waals surface area contributed by atoms with Crippen molar-refractivity contribution in [2.45, 2.75) is 46.0 Å². The second-order valence-electron chi connectivity index (χ2n) is 7.86. The standard InChI is InChI=1S/C24H27N3O3/c1-4-5-12-29-21-10-7-18(8-11-21)23-25-24(30-26-23)19-14-22(28)27(15-19)20-9-6-16(2)17(3)13-20/h6-11,13,19H,4-5,12,14-15H2,1-3H3. The molecule has 0 spiro atoms. The van der Waals surface area contributed by atoms with Crippen LogP contribution in [0.15, 0.2) is 47.0 Å². The maximum atomic E-state index is 12.6. The second kappa shape index (κ2) is 8.69. The van der Waals surface area contributed by atoms with Gasteiger partial charge in [0.1, 0.15) is 5.75 Å². The summed E-state index contributed by atoms with van der Waals surface area (Å²) in [5, 5.41) is 4.13. The molecule has 0 aliphatic carbocycles. The average Bonchev–Trinajstić information content (AvgIpc) is 3.38. The number of unbranched alkanes of at least 4 members (excludes halogenated alkanes) is 1. The van der Waals surface area contributed by atoms with Crippen LogP contribution >= 0.6 is 0 Å². The summed E-state index contributed by atoms with van der Waals surface area (Å²) in [7, 11) is 0. The fourth-order valence-electron chi connectivity index (χ4n) is 3.57. The molecule has 30 heavy (non-hydrogen) atoms. The molecular weight excluding hydrogens is 378 g/mol. The van der Waals surface area contributed by atoms with Gasteiger partial charge in [-0.15, -0.1) is 0 Å². The van der Waals surface area contributed by atoms with Crippen LogP contribution in [0.25, 0.3) is 11.4 Å². The first-order valence-corrected chi connectivity index (χ1v) is 10.5. The van der Waals surface area contributed by atoms with E-state index in [4.69, 9.17) is 9.26 Å². The number of aromatic nitrogens is 2. The summed E-state index contributed by atoms with van der Waals surface area (Å²) >= 11 is 0. The fraction of sp³-hybridized carbons (Fsp3) is 0.375. The van der Waals surface area contributed by atoms with Crippen molar-refractivity contribution < 1.29 is 14.1 Å². The molecule has 0 saturated carbocycles. The van der Waals surface area contributed by atoms with E-state index in [0.717, 1.165) is 36.4 Å². The van der Waals surface area contributed by atoms with E-state index >= 15 is 0 Å². The summed E-state index contributed by atoms with van der Waals surface area (Å²) in [6.45, 7) is 7.53. The van der Waals surface area contributed by atoms with Gasteiger partial charge in [0.25, 0.3) is 0 Å². The minimum absolute atomic E-state index is 0.0802. The lowest BCUT2D eigenvalue weighted by Crippen LogP contribution is -2.24. The lowest BCUT2D eigenvalue weighted by molar-refractivity contribution is -0.117. The topological polar surface area (TPSA) is 68.5 Å². The lowest BCUT2D eigenvalue weighted by Gasteiger charge is -2.17. The number of anilines is 1. The van der Waals surface area contributed by atoms with Gasteiger partial charge in [-0.1, -0.05) is 24.6 Å². The van der Waals surface area contributed by atoms with Gasteiger partial charge in [-0.2, -0.15) is 4.98 Å². The number of amides is 1. The van der Waals surface area contributed by atoms with E-state index < -0.39 is 0 Å². The van der Waals surface area contributed by atoms with E-state index in [1.54, 1.807) is 0 Å². The number of hydrogen-bond donors (Lipinski definition) is 0. The number of ether oxygens (including phenoxy) is 1. The van der Waals surface area contributed by atoms with Crippen LogP contribution in [0.1, 0.15) is 49.1 Å². The van der Waals surface area contributed by atoms with E-state index in [2.05, 4.69) is 37.0 Å². The third-order valence-electron chi connectivity index (χ3n) is 5.60. The van der Waals surface area contributed by atoms with E-state index in [-0.39, 0.29) is 11.8 Å². The number of carbonyl (C=O) groups excluding carboxylic acids is 1. The molecule has 1 aromatic heterocycles. The first-order valence-electron chi connectivity index (χ1n) is 10.5. The van der Waals surface area contributed by atoms with Gasteiger partial charge in [0.2, 0.25) is 17.6 Å². The SMILES string of the molecule is CCCCOc1ccc(-c2noc(C3CC(=O)N(c4ccc(C)c(C)c4)C3)n2)cc1. The minimum atomic E-state index is -0.1000. The third-order valence-corrected chi connectivity index (χ3v) is 5.60. The highest BCUT2D eigenvalue weighted by molar-refractivity contribution is 5.96. The van der Waals surface area contributed by atoms with Crippen molar-refractivity contribution >= 4 is 11.6 Å². The number of nitrogens with zero attached hydrogens (tertiary/aromatic N) is 3. The van der Waals surface area contributed by atoms with Crippen molar-refractivity contribution in [2.24, 2.45) is 0 Å². The lowest BCUT2D eigenvalue weighted by atomic mass is 10.1. The number of benzene rings is 2. The van der Waals surface area contributed by atoms with Crippen molar-refractivity contribution in [3.8, 4) is 17.1 Å². The van der Waals surface area contributed by atoms with Gasteiger partial charge in [0, 0.05) is 24.2 Å². The quantitative estimate of drug-likeness (QED) is 0.514. The molecule has 1 amide bonds. The van der Waals surface area contributed by atoms with Gasteiger partial charge < -0.3 is 14.2 Å². The zero-order valence-corrected chi connectivity index (χ0v) is 17.7. The molecule has 1 atom stereocenters.